The van der Waals surface area contributed by atoms with Crippen LogP contribution in [-0.2, 0) is 20.7 Å². The van der Waals surface area contributed by atoms with Gasteiger partial charge in [0.15, 0.2) is 0 Å². The minimum Gasteiger partial charge on any atom is -0.468 e. The quantitative estimate of drug-likeness (QED) is 0.686. The van der Waals surface area contributed by atoms with E-state index in [4.69, 9.17) is 0 Å². The van der Waals surface area contributed by atoms with Crippen LogP contribution in [0.25, 0.3) is 0 Å². The van der Waals surface area contributed by atoms with Gasteiger partial charge in [0.25, 0.3) is 0 Å². The molecule has 0 saturated heterocycles. The van der Waals surface area contributed by atoms with Crippen molar-refractivity contribution in [2.45, 2.75) is 6.42 Å². The molecule has 6 nitrogen and oxygen atoms in total. The molecule has 1 aromatic heterocycles. The average Bonchev–Trinajstić information content (AvgIpc) is 2.70. The second-order valence-corrected chi connectivity index (χ2v) is 3.08. The molecule has 0 fully saturated rings. The van der Waals surface area contributed by atoms with Gasteiger partial charge < -0.3 is 9.64 Å². The molecule has 0 spiro atoms. The number of aromatic amines is 1. The van der Waals surface area contributed by atoms with Gasteiger partial charge in [-0.25, -0.2) is 0 Å². The van der Waals surface area contributed by atoms with Crippen molar-refractivity contribution in [2.24, 2.45) is 0 Å². The molecular formula is C9H13N3O3. The van der Waals surface area contributed by atoms with Gasteiger partial charge in [0, 0.05) is 18.9 Å². The molecule has 0 aromatic carbocycles. The number of carbonyl (C=O) groups excluding carboxylic acids is 2. The molecule has 82 valence electrons. The molecule has 0 aliphatic heterocycles. The van der Waals surface area contributed by atoms with E-state index < -0.39 is 5.97 Å². The van der Waals surface area contributed by atoms with Crippen molar-refractivity contribution in [2.75, 3.05) is 20.7 Å². The Morgan fingerprint density at radius 1 is 1.60 bits per heavy atom. The molecule has 15 heavy (non-hydrogen) atoms. The Kier molecular flexibility index (Phi) is 3.84. The zero-order valence-corrected chi connectivity index (χ0v) is 8.69. The van der Waals surface area contributed by atoms with Crippen molar-refractivity contribution in [3.05, 3.63) is 18.0 Å². The van der Waals surface area contributed by atoms with E-state index in [2.05, 4.69) is 14.9 Å². The number of hydrogen-bond donors (Lipinski definition) is 1. The van der Waals surface area contributed by atoms with Gasteiger partial charge in [-0.3, -0.25) is 14.7 Å². The van der Waals surface area contributed by atoms with Crippen LogP contribution in [0.2, 0.25) is 0 Å². The molecule has 1 N–H and O–H groups in total. The van der Waals surface area contributed by atoms with E-state index in [1.807, 2.05) is 0 Å². The summed E-state index contributed by atoms with van der Waals surface area (Å²) in [5.41, 5.74) is 0.719. The largest absolute Gasteiger partial charge is 0.468 e. The minimum absolute atomic E-state index is 0.0382. The fourth-order valence-corrected chi connectivity index (χ4v) is 1.03. The molecule has 0 saturated carbocycles. The van der Waals surface area contributed by atoms with Gasteiger partial charge in [-0.05, 0) is 6.07 Å². The molecule has 6 heteroatoms. The number of aromatic nitrogens is 2. The first kappa shape index (κ1) is 11.2. The topological polar surface area (TPSA) is 75.3 Å². The van der Waals surface area contributed by atoms with Gasteiger partial charge in [0.05, 0.1) is 13.5 Å². The number of likely N-dealkylation sites (N-methyl/N-ethyl adjacent to an activating group) is 1. The summed E-state index contributed by atoms with van der Waals surface area (Å²) in [4.78, 5) is 23.7. The van der Waals surface area contributed by atoms with Crippen molar-refractivity contribution in [1.82, 2.24) is 15.1 Å². The maximum atomic E-state index is 11.5. The summed E-state index contributed by atoms with van der Waals surface area (Å²) < 4.78 is 4.45. The molecule has 0 unspecified atom stereocenters. The monoisotopic (exact) mass is 211 g/mol. The van der Waals surface area contributed by atoms with Crippen LogP contribution in [0, 0.1) is 0 Å². The number of amides is 1. The van der Waals surface area contributed by atoms with E-state index in [1.165, 1.54) is 12.0 Å². The summed E-state index contributed by atoms with van der Waals surface area (Å²) in [6.45, 7) is -0.0382. The number of methoxy groups -OCH3 is 1. The number of carbonyl (C=O) groups is 2. The first-order valence-corrected chi connectivity index (χ1v) is 4.42. The van der Waals surface area contributed by atoms with Gasteiger partial charge in [0.2, 0.25) is 5.91 Å². The number of rotatable bonds is 4. The zero-order valence-electron chi connectivity index (χ0n) is 8.69. The third-order valence-electron chi connectivity index (χ3n) is 1.92. The highest BCUT2D eigenvalue weighted by atomic mass is 16.5. The molecule has 1 rings (SSSR count). The maximum absolute atomic E-state index is 11.5. The first-order chi connectivity index (χ1) is 7.13. The zero-order chi connectivity index (χ0) is 11.3. The smallest absolute Gasteiger partial charge is 0.325 e. The molecule has 0 atom stereocenters. The Labute approximate surface area is 87.2 Å². The van der Waals surface area contributed by atoms with Crippen molar-refractivity contribution in [1.29, 1.82) is 0 Å². The van der Waals surface area contributed by atoms with Crippen LogP contribution in [0.15, 0.2) is 12.3 Å². The van der Waals surface area contributed by atoms with Crippen molar-refractivity contribution in [3.8, 4) is 0 Å². The number of esters is 1. The third kappa shape index (κ3) is 3.41. The van der Waals surface area contributed by atoms with Crippen molar-refractivity contribution < 1.29 is 14.3 Å². The summed E-state index contributed by atoms with van der Waals surface area (Å²) in [6.07, 6.45) is 1.77. The van der Waals surface area contributed by atoms with Crippen LogP contribution in [0.5, 0.6) is 0 Å². The molecule has 1 amide bonds. The lowest BCUT2D eigenvalue weighted by Crippen LogP contribution is -2.33. The molecule has 0 aliphatic rings. The van der Waals surface area contributed by atoms with E-state index in [-0.39, 0.29) is 18.9 Å². The summed E-state index contributed by atoms with van der Waals surface area (Å²) in [5.74, 6) is -0.597. The second-order valence-electron chi connectivity index (χ2n) is 3.08. The van der Waals surface area contributed by atoms with E-state index in [9.17, 15) is 9.59 Å². The van der Waals surface area contributed by atoms with E-state index in [1.54, 1.807) is 19.3 Å². The predicted octanol–water partition coefficient (Wildman–Crippen LogP) is -0.416. The predicted molar refractivity (Wildman–Crippen MR) is 51.9 cm³/mol. The van der Waals surface area contributed by atoms with Crippen molar-refractivity contribution in [3.63, 3.8) is 0 Å². The third-order valence-corrected chi connectivity index (χ3v) is 1.92. The maximum Gasteiger partial charge on any atom is 0.325 e. The summed E-state index contributed by atoms with van der Waals surface area (Å²) in [6, 6.07) is 1.71. The van der Waals surface area contributed by atoms with Crippen LogP contribution in [0.4, 0.5) is 0 Å². The standard InChI is InChI=1S/C9H13N3O3/c1-12(6-9(14)15-2)8(13)5-7-3-4-10-11-7/h3-4H,5-6H2,1-2H3,(H,10,11). The highest BCUT2D eigenvalue weighted by Gasteiger charge is 2.13. The fourth-order valence-electron chi connectivity index (χ4n) is 1.03. The van der Waals surface area contributed by atoms with E-state index in [0.29, 0.717) is 0 Å². The van der Waals surface area contributed by atoms with Crippen LogP contribution in [-0.4, -0.2) is 47.7 Å². The summed E-state index contributed by atoms with van der Waals surface area (Å²) in [5, 5.41) is 6.40. The normalized spacial score (nSPS) is 9.73. The lowest BCUT2D eigenvalue weighted by Gasteiger charge is -2.14. The van der Waals surface area contributed by atoms with Gasteiger partial charge in [-0.15, -0.1) is 0 Å². The number of H-pyrrole nitrogens is 1. The van der Waals surface area contributed by atoms with Crippen LogP contribution < -0.4 is 0 Å². The molecule has 0 bridgehead atoms. The Morgan fingerprint density at radius 3 is 2.87 bits per heavy atom. The SMILES string of the molecule is COC(=O)CN(C)C(=O)Cc1ccn[nH]1. The summed E-state index contributed by atoms with van der Waals surface area (Å²) in [7, 11) is 2.84. The van der Waals surface area contributed by atoms with Crippen LogP contribution >= 0.6 is 0 Å². The van der Waals surface area contributed by atoms with E-state index in [0.717, 1.165) is 5.69 Å². The highest BCUT2D eigenvalue weighted by Crippen LogP contribution is 1.97. The Morgan fingerprint density at radius 2 is 2.33 bits per heavy atom. The lowest BCUT2D eigenvalue weighted by atomic mass is 10.3. The molecular weight excluding hydrogens is 198 g/mol. The number of ether oxygens (including phenoxy) is 1. The van der Waals surface area contributed by atoms with Gasteiger partial charge >= 0.3 is 5.97 Å². The highest BCUT2D eigenvalue weighted by molar-refractivity contribution is 5.82. The first-order valence-electron chi connectivity index (χ1n) is 4.42. The lowest BCUT2D eigenvalue weighted by molar-refractivity contribution is -0.145. The van der Waals surface area contributed by atoms with Crippen molar-refractivity contribution >= 4 is 11.9 Å². The Hall–Kier alpha value is -1.85. The second kappa shape index (κ2) is 5.14. The number of nitrogens with one attached hydrogen (secondary N) is 1. The Bertz CT molecular complexity index is 334. The molecule has 0 radical (unpaired) electrons. The van der Waals surface area contributed by atoms with Crippen LogP contribution in [0.3, 0.4) is 0 Å². The molecule has 0 aliphatic carbocycles. The average molecular weight is 211 g/mol. The molecule has 1 heterocycles. The fraction of sp³-hybridized carbons (Fsp3) is 0.444. The summed E-state index contributed by atoms with van der Waals surface area (Å²) >= 11 is 0. The number of hydrogen-bond acceptors (Lipinski definition) is 4. The van der Waals surface area contributed by atoms with E-state index >= 15 is 0 Å². The number of nitrogens with zero attached hydrogens (tertiary/aromatic N) is 2. The molecule has 1 aromatic rings. The minimum atomic E-state index is -0.435. The van der Waals surface area contributed by atoms with Gasteiger partial charge in [0.1, 0.15) is 6.54 Å². The van der Waals surface area contributed by atoms with Gasteiger partial charge in [-0.1, -0.05) is 0 Å². The van der Waals surface area contributed by atoms with Gasteiger partial charge in [-0.2, -0.15) is 5.10 Å². The Balaban J connectivity index is 2.43. The van der Waals surface area contributed by atoms with Crippen LogP contribution in [0.1, 0.15) is 5.69 Å².